The third-order valence-electron chi connectivity index (χ3n) is 3.27. The maximum Gasteiger partial charge on any atom is 0.326 e. The van der Waals surface area contributed by atoms with Crippen LogP contribution in [0.15, 0.2) is 16.8 Å². The van der Waals surface area contributed by atoms with Crippen molar-refractivity contribution in [1.82, 2.24) is 20.1 Å². The summed E-state index contributed by atoms with van der Waals surface area (Å²) in [5, 5.41) is 15.7. The maximum absolute atomic E-state index is 12.3. The Labute approximate surface area is 133 Å². The number of aryl methyl sites for hydroxylation is 2. The van der Waals surface area contributed by atoms with E-state index < -0.39 is 17.9 Å². The largest absolute Gasteiger partial charge is 0.480 e. The molecule has 0 spiro atoms. The highest BCUT2D eigenvalue weighted by Gasteiger charge is 2.25. The number of carboxylic acid groups (broad SMARTS) is 1. The van der Waals surface area contributed by atoms with Crippen LogP contribution in [0.25, 0.3) is 11.5 Å². The zero-order valence-corrected chi connectivity index (χ0v) is 13.5. The van der Waals surface area contributed by atoms with Crippen molar-refractivity contribution in [2.45, 2.75) is 33.2 Å². The molecule has 0 saturated carbocycles. The Morgan fingerprint density at radius 2 is 2.13 bits per heavy atom. The average molecular weight is 320 g/mol. The van der Waals surface area contributed by atoms with Crippen molar-refractivity contribution in [1.29, 1.82) is 0 Å². The summed E-state index contributed by atoms with van der Waals surface area (Å²) in [5.74, 6) is -0.887. The Morgan fingerprint density at radius 3 is 2.65 bits per heavy atom. The van der Waals surface area contributed by atoms with E-state index in [2.05, 4.69) is 15.4 Å². The van der Waals surface area contributed by atoms with Crippen LogP contribution in [0.3, 0.4) is 0 Å². The summed E-state index contributed by atoms with van der Waals surface area (Å²) in [6, 6.07) is -0.958. The van der Waals surface area contributed by atoms with Crippen LogP contribution in [-0.4, -0.2) is 37.8 Å². The van der Waals surface area contributed by atoms with Gasteiger partial charge in [-0.1, -0.05) is 13.8 Å². The van der Waals surface area contributed by atoms with E-state index in [-0.39, 0.29) is 17.5 Å². The second-order valence-corrected chi connectivity index (χ2v) is 5.82. The van der Waals surface area contributed by atoms with Crippen molar-refractivity contribution in [3.05, 3.63) is 23.8 Å². The first-order valence-electron chi connectivity index (χ1n) is 7.28. The molecule has 0 aliphatic heterocycles. The molecule has 1 atom stereocenters. The van der Waals surface area contributed by atoms with Gasteiger partial charge in [-0.25, -0.2) is 9.78 Å². The number of aromatic nitrogens is 3. The van der Waals surface area contributed by atoms with Gasteiger partial charge >= 0.3 is 5.97 Å². The molecule has 0 saturated heterocycles. The van der Waals surface area contributed by atoms with Gasteiger partial charge in [0.2, 0.25) is 5.89 Å². The van der Waals surface area contributed by atoms with Crippen molar-refractivity contribution >= 4 is 11.9 Å². The number of hydrogen-bond donors (Lipinski definition) is 2. The van der Waals surface area contributed by atoms with Crippen LogP contribution < -0.4 is 5.32 Å². The van der Waals surface area contributed by atoms with Crippen LogP contribution in [0.1, 0.15) is 36.5 Å². The summed E-state index contributed by atoms with van der Waals surface area (Å²) in [4.78, 5) is 27.7. The van der Waals surface area contributed by atoms with Crippen LogP contribution in [0.5, 0.6) is 0 Å². The molecule has 0 unspecified atom stereocenters. The standard InChI is InChI=1S/C15H20N4O4/c1-8(2)5-11(15(21)22)17-13(20)12-9(3)23-14(18-12)10-6-16-19(4)7-10/h6-8,11H,5H2,1-4H3,(H,17,20)(H,21,22)/t11-/m0/s1. The van der Waals surface area contributed by atoms with E-state index in [1.807, 2.05) is 13.8 Å². The van der Waals surface area contributed by atoms with Crippen LogP contribution in [0.2, 0.25) is 0 Å². The lowest BCUT2D eigenvalue weighted by Crippen LogP contribution is -2.42. The van der Waals surface area contributed by atoms with E-state index in [0.29, 0.717) is 17.7 Å². The molecule has 8 heteroatoms. The van der Waals surface area contributed by atoms with E-state index in [1.54, 1.807) is 31.0 Å². The number of oxazole rings is 1. The lowest BCUT2D eigenvalue weighted by Gasteiger charge is -2.15. The second kappa shape index (κ2) is 6.64. The molecular weight excluding hydrogens is 300 g/mol. The third kappa shape index (κ3) is 3.97. The predicted octanol–water partition coefficient (Wildman–Crippen LogP) is 1.61. The van der Waals surface area contributed by atoms with E-state index in [0.717, 1.165) is 0 Å². The number of hydrogen-bond acceptors (Lipinski definition) is 5. The smallest absolute Gasteiger partial charge is 0.326 e. The molecule has 0 aromatic carbocycles. The molecule has 0 aliphatic rings. The SMILES string of the molecule is Cc1oc(-c2cnn(C)c2)nc1C(=O)N[C@@H](CC(C)C)C(=O)O. The number of amides is 1. The number of rotatable bonds is 6. The van der Waals surface area contributed by atoms with Crippen LogP contribution in [-0.2, 0) is 11.8 Å². The van der Waals surface area contributed by atoms with Crippen molar-refractivity contribution in [2.24, 2.45) is 13.0 Å². The van der Waals surface area contributed by atoms with Gasteiger partial charge in [0.15, 0.2) is 5.69 Å². The monoisotopic (exact) mass is 320 g/mol. The molecular formula is C15H20N4O4. The molecule has 0 bridgehead atoms. The second-order valence-electron chi connectivity index (χ2n) is 5.82. The van der Waals surface area contributed by atoms with E-state index in [4.69, 9.17) is 4.42 Å². The van der Waals surface area contributed by atoms with Gasteiger partial charge in [-0.2, -0.15) is 5.10 Å². The quantitative estimate of drug-likeness (QED) is 0.836. The average Bonchev–Trinajstić information content (AvgIpc) is 3.03. The first-order chi connectivity index (χ1) is 10.8. The fraction of sp³-hybridized carbons (Fsp3) is 0.467. The zero-order valence-electron chi connectivity index (χ0n) is 13.5. The van der Waals surface area contributed by atoms with Gasteiger partial charge in [0.25, 0.3) is 5.91 Å². The van der Waals surface area contributed by atoms with Crippen molar-refractivity contribution in [3.8, 4) is 11.5 Å². The Kier molecular flexibility index (Phi) is 4.83. The summed E-state index contributed by atoms with van der Waals surface area (Å²) >= 11 is 0. The van der Waals surface area contributed by atoms with Gasteiger partial charge in [0, 0.05) is 13.2 Å². The molecule has 2 aromatic rings. The molecule has 23 heavy (non-hydrogen) atoms. The van der Waals surface area contributed by atoms with E-state index >= 15 is 0 Å². The normalized spacial score (nSPS) is 12.4. The van der Waals surface area contributed by atoms with Gasteiger partial charge in [0.05, 0.1) is 11.8 Å². The number of aliphatic carboxylic acids is 1. The lowest BCUT2D eigenvalue weighted by atomic mass is 10.0. The summed E-state index contributed by atoms with van der Waals surface area (Å²) in [6.45, 7) is 5.40. The molecule has 124 valence electrons. The minimum Gasteiger partial charge on any atom is -0.480 e. The number of carbonyl (C=O) groups excluding carboxylic acids is 1. The Hall–Kier alpha value is -2.64. The fourth-order valence-electron chi connectivity index (χ4n) is 2.18. The Bertz CT molecular complexity index is 717. The highest BCUT2D eigenvalue weighted by molar-refractivity contribution is 5.96. The summed E-state index contributed by atoms with van der Waals surface area (Å²) in [7, 11) is 1.76. The third-order valence-corrected chi connectivity index (χ3v) is 3.27. The topological polar surface area (TPSA) is 110 Å². The summed E-state index contributed by atoms with van der Waals surface area (Å²) in [5.41, 5.74) is 0.727. The number of nitrogens with zero attached hydrogens (tertiary/aromatic N) is 3. The number of carbonyl (C=O) groups is 2. The minimum absolute atomic E-state index is 0.0823. The van der Waals surface area contributed by atoms with Gasteiger partial charge in [0.1, 0.15) is 11.8 Å². The molecule has 2 N–H and O–H groups in total. The van der Waals surface area contributed by atoms with Crippen molar-refractivity contribution in [2.75, 3.05) is 0 Å². The Morgan fingerprint density at radius 1 is 1.43 bits per heavy atom. The Balaban J connectivity index is 2.19. The highest BCUT2D eigenvalue weighted by Crippen LogP contribution is 2.21. The van der Waals surface area contributed by atoms with Crippen LogP contribution in [0.4, 0.5) is 0 Å². The molecule has 0 radical (unpaired) electrons. The number of nitrogens with one attached hydrogen (secondary N) is 1. The molecule has 1 amide bonds. The van der Waals surface area contributed by atoms with Crippen LogP contribution >= 0.6 is 0 Å². The van der Waals surface area contributed by atoms with Gasteiger partial charge in [-0.15, -0.1) is 0 Å². The molecule has 2 rings (SSSR count). The fourth-order valence-corrected chi connectivity index (χ4v) is 2.18. The minimum atomic E-state index is -1.07. The lowest BCUT2D eigenvalue weighted by molar-refractivity contribution is -0.139. The van der Waals surface area contributed by atoms with Crippen molar-refractivity contribution < 1.29 is 19.1 Å². The first kappa shape index (κ1) is 16.7. The highest BCUT2D eigenvalue weighted by atomic mass is 16.4. The van der Waals surface area contributed by atoms with Crippen LogP contribution in [0, 0.1) is 12.8 Å². The van der Waals surface area contributed by atoms with Gasteiger partial charge < -0.3 is 14.8 Å². The summed E-state index contributed by atoms with van der Waals surface area (Å²) in [6.07, 6.45) is 3.63. The molecule has 2 aromatic heterocycles. The van der Waals surface area contributed by atoms with E-state index in [1.165, 1.54) is 0 Å². The predicted molar refractivity (Wildman–Crippen MR) is 81.8 cm³/mol. The zero-order chi connectivity index (χ0) is 17.1. The number of carboxylic acids is 1. The molecule has 8 nitrogen and oxygen atoms in total. The molecule has 0 fully saturated rings. The van der Waals surface area contributed by atoms with Gasteiger partial charge in [-0.3, -0.25) is 9.48 Å². The first-order valence-corrected chi connectivity index (χ1v) is 7.28. The van der Waals surface area contributed by atoms with Crippen molar-refractivity contribution in [3.63, 3.8) is 0 Å². The summed E-state index contributed by atoms with van der Waals surface area (Å²) < 4.78 is 7.08. The molecule has 2 heterocycles. The van der Waals surface area contributed by atoms with E-state index in [9.17, 15) is 14.7 Å². The molecule has 0 aliphatic carbocycles. The van der Waals surface area contributed by atoms with Gasteiger partial charge in [-0.05, 0) is 19.3 Å². The maximum atomic E-state index is 12.3.